The summed E-state index contributed by atoms with van der Waals surface area (Å²) in [6.07, 6.45) is 5.05. The van der Waals surface area contributed by atoms with Crippen molar-refractivity contribution >= 4 is 13.7 Å². The summed E-state index contributed by atoms with van der Waals surface area (Å²) in [5.41, 5.74) is -3.43. The molecule has 0 saturated carbocycles. The van der Waals surface area contributed by atoms with Crippen LogP contribution in [-0.2, 0) is 27.9 Å². The summed E-state index contributed by atoms with van der Waals surface area (Å²) >= 11 is 0. The fraction of sp³-hybridized carbons (Fsp3) is 0.625. The van der Waals surface area contributed by atoms with E-state index in [4.69, 9.17) is 18.5 Å². The number of ether oxygens (including phenoxy) is 2. The Balaban J connectivity index is 0.00000235. The number of aromatic amines is 1. The third-order valence-electron chi connectivity index (χ3n) is 5.24. The lowest BCUT2D eigenvalue weighted by atomic mass is 10.0. The number of esters is 1. The second-order valence-electron chi connectivity index (χ2n) is 8.92. The molecule has 4 unspecified atom stereocenters. The van der Waals surface area contributed by atoms with Gasteiger partial charge in [-0.15, -0.1) is 0 Å². The van der Waals surface area contributed by atoms with Gasteiger partial charge in [0.1, 0.15) is 11.8 Å². The van der Waals surface area contributed by atoms with E-state index in [0.717, 1.165) is 23.3 Å². The van der Waals surface area contributed by atoms with Gasteiger partial charge in [0.05, 0.1) is 18.8 Å². The Labute approximate surface area is 215 Å². The number of hydrogen-bond acceptors (Lipinski definition) is 8. The molecular formula is C24H37FN3O8P. The van der Waals surface area contributed by atoms with Crippen LogP contribution in [0.2, 0.25) is 0 Å². The molecule has 2 N–H and O–H groups in total. The molecule has 1 aliphatic heterocycles. The fourth-order valence-electron chi connectivity index (χ4n) is 3.68. The van der Waals surface area contributed by atoms with E-state index in [9.17, 15) is 18.9 Å². The number of aromatic nitrogens is 2. The van der Waals surface area contributed by atoms with Gasteiger partial charge in [0, 0.05) is 18.7 Å². The number of rotatable bonds is 10. The number of hydrogen-bond donors (Lipinski definition) is 2. The highest BCUT2D eigenvalue weighted by molar-refractivity contribution is 7.51. The molecular weight excluding hydrogens is 508 g/mol. The molecule has 2 heterocycles. The van der Waals surface area contributed by atoms with Crippen LogP contribution in [-0.4, -0.2) is 46.0 Å². The van der Waals surface area contributed by atoms with Crippen LogP contribution in [0.3, 0.4) is 0 Å². The van der Waals surface area contributed by atoms with E-state index in [2.05, 4.69) is 10.1 Å². The third kappa shape index (κ3) is 8.77. The molecule has 1 aliphatic carbocycles. The van der Waals surface area contributed by atoms with Crippen LogP contribution >= 0.6 is 7.75 Å². The second-order valence-corrected chi connectivity index (χ2v) is 10.6. The van der Waals surface area contributed by atoms with Crippen molar-refractivity contribution in [2.75, 3.05) is 6.61 Å². The molecule has 1 aromatic heterocycles. The molecule has 11 nitrogen and oxygen atoms in total. The van der Waals surface area contributed by atoms with Crippen molar-refractivity contribution in [2.45, 2.75) is 91.0 Å². The Bertz CT molecular complexity index is 1140. The summed E-state index contributed by atoms with van der Waals surface area (Å²) in [5, 5.41) is 2.57. The van der Waals surface area contributed by atoms with Crippen LogP contribution < -0.4 is 16.3 Å². The van der Waals surface area contributed by atoms with Gasteiger partial charge in [0.2, 0.25) is 0 Å². The Morgan fingerprint density at radius 1 is 1.32 bits per heavy atom. The van der Waals surface area contributed by atoms with Gasteiger partial charge in [-0.3, -0.25) is 23.7 Å². The average molecular weight is 546 g/mol. The average Bonchev–Trinajstić information content (AvgIpc) is 3.13. The van der Waals surface area contributed by atoms with E-state index < -0.39 is 49.0 Å². The van der Waals surface area contributed by atoms with Crippen LogP contribution in [0.5, 0.6) is 0 Å². The van der Waals surface area contributed by atoms with Crippen molar-refractivity contribution in [3.63, 3.8) is 0 Å². The highest BCUT2D eigenvalue weighted by Crippen LogP contribution is 2.49. The zero-order chi connectivity index (χ0) is 27.8. The molecule has 13 heteroatoms. The predicted octanol–water partition coefficient (Wildman–Crippen LogP) is 3.88. The minimum Gasteiger partial charge on any atom is -0.462 e. The molecule has 1 fully saturated rings. The molecule has 2 aliphatic rings. The first-order valence-electron chi connectivity index (χ1n) is 12.3. The van der Waals surface area contributed by atoms with Crippen molar-refractivity contribution < 1.29 is 32.3 Å². The monoisotopic (exact) mass is 545 g/mol. The van der Waals surface area contributed by atoms with Crippen LogP contribution in [0.1, 0.15) is 67.0 Å². The van der Waals surface area contributed by atoms with Gasteiger partial charge in [0.25, 0.3) is 5.56 Å². The van der Waals surface area contributed by atoms with Crippen molar-refractivity contribution in [1.82, 2.24) is 14.6 Å². The molecule has 0 bridgehead atoms. The lowest BCUT2D eigenvalue weighted by molar-refractivity contribution is -0.149. The standard InChI is InChI=1S/C22H31FN3O8P.C2H6/c1-14(2)32-19(28)15(3)25-35(30,34-16-8-6-5-7-9-16)31-13-17-12-22(4,23)20(33-17)26-11-10-18(27)24-21(26)29;1-2/h6,8-11,14-15,17,20H,5,7,12-13H2,1-4H3,(H,25,30)(H,24,27,29);1-2H3/t15-,17?,20?,22?,35?;/m0./s1. The lowest BCUT2D eigenvalue weighted by Crippen LogP contribution is -2.38. The number of carbonyl (C=O) groups excluding carboxylic acids is 1. The van der Waals surface area contributed by atoms with E-state index >= 15 is 4.39 Å². The van der Waals surface area contributed by atoms with E-state index in [1.54, 1.807) is 26.0 Å². The SMILES string of the molecule is CC.CC(C)OC(=O)[C@H](C)NP(=O)(OCC1CC(C)(F)C(n2ccc(=O)[nH]c2=O)O1)OC1=CCCC=C1. The summed E-state index contributed by atoms with van der Waals surface area (Å²) < 4.78 is 51.8. The highest BCUT2D eigenvalue weighted by atomic mass is 31.2. The van der Waals surface area contributed by atoms with Gasteiger partial charge < -0.3 is 14.0 Å². The van der Waals surface area contributed by atoms with Crippen LogP contribution in [0.25, 0.3) is 0 Å². The number of halogens is 1. The van der Waals surface area contributed by atoms with E-state index in [1.807, 2.05) is 19.9 Å². The summed E-state index contributed by atoms with van der Waals surface area (Å²) in [4.78, 5) is 37.8. The molecule has 37 heavy (non-hydrogen) atoms. The molecule has 0 amide bonds. The smallest absolute Gasteiger partial charge is 0.459 e. The van der Waals surface area contributed by atoms with Gasteiger partial charge in [-0.2, -0.15) is 5.09 Å². The Hall–Kier alpha value is -2.53. The van der Waals surface area contributed by atoms with Crippen molar-refractivity contribution in [1.29, 1.82) is 0 Å². The maximum absolute atomic E-state index is 15.3. The lowest BCUT2D eigenvalue weighted by Gasteiger charge is -2.25. The molecule has 0 aromatic carbocycles. The van der Waals surface area contributed by atoms with Gasteiger partial charge in [-0.1, -0.05) is 19.9 Å². The molecule has 0 spiro atoms. The largest absolute Gasteiger partial charge is 0.462 e. The normalized spacial score (nSPS) is 25.5. The minimum absolute atomic E-state index is 0.184. The Kier molecular flexibility index (Phi) is 11.0. The topological polar surface area (TPSA) is 138 Å². The number of allylic oxidation sites excluding steroid dienone is 3. The Morgan fingerprint density at radius 3 is 2.62 bits per heavy atom. The van der Waals surface area contributed by atoms with Crippen LogP contribution in [0.4, 0.5) is 4.39 Å². The first-order valence-corrected chi connectivity index (χ1v) is 13.9. The Morgan fingerprint density at radius 2 is 2.03 bits per heavy atom. The summed E-state index contributed by atoms with van der Waals surface area (Å²) in [7, 11) is -4.13. The zero-order valence-electron chi connectivity index (χ0n) is 22.1. The minimum atomic E-state index is -4.13. The number of nitrogens with one attached hydrogen (secondary N) is 2. The van der Waals surface area contributed by atoms with Gasteiger partial charge >= 0.3 is 19.4 Å². The summed E-state index contributed by atoms with van der Waals surface area (Å²) in [6.45, 7) is 9.72. The van der Waals surface area contributed by atoms with Gasteiger partial charge in [-0.05, 0) is 52.7 Å². The summed E-state index contributed by atoms with van der Waals surface area (Å²) in [6, 6.07) is 0.0551. The zero-order valence-corrected chi connectivity index (χ0v) is 23.0. The first kappa shape index (κ1) is 30.7. The van der Waals surface area contributed by atoms with Crippen molar-refractivity contribution in [3.05, 3.63) is 57.1 Å². The van der Waals surface area contributed by atoms with E-state index in [-0.39, 0.29) is 19.1 Å². The molecule has 0 radical (unpaired) electrons. The highest BCUT2D eigenvalue weighted by Gasteiger charge is 2.48. The third-order valence-corrected chi connectivity index (χ3v) is 6.88. The molecule has 5 atom stereocenters. The first-order chi connectivity index (χ1) is 17.4. The molecule has 1 saturated heterocycles. The van der Waals surface area contributed by atoms with Gasteiger partial charge in [-0.25, -0.2) is 13.8 Å². The van der Waals surface area contributed by atoms with Crippen LogP contribution in [0.15, 0.2) is 45.8 Å². The van der Waals surface area contributed by atoms with Crippen molar-refractivity contribution in [2.24, 2.45) is 0 Å². The quantitative estimate of drug-likeness (QED) is 0.331. The van der Waals surface area contributed by atoms with Gasteiger partial charge in [0.15, 0.2) is 11.9 Å². The number of alkyl halides is 1. The maximum atomic E-state index is 15.3. The molecule has 208 valence electrons. The predicted molar refractivity (Wildman–Crippen MR) is 136 cm³/mol. The summed E-state index contributed by atoms with van der Waals surface area (Å²) in [5.74, 6) is -0.344. The number of carbonyl (C=O) groups is 1. The van der Waals surface area contributed by atoms with E-state index in [1.165, 1.54) is 13.8 Å². The number of H-pyrrole nitrogens is 1. The van der Waals surface area contributed by atoms with E-state index in [0.29, 0.717) is 12.2 Å². The number of nitrogens with zero attached hydrogens (tertiary/aromatic N) is 1. The fourth-order valence-corrected chi connectivity index (χ4v) is 5.21. The second kappa shape index (κ2) is 13.3. The molecule has 1 aromatic rings. The maximum Gasteiger partial charge on any atom is 0.459 e. The molecule has 3 rings (SSSR count). The van der Waals surface area contributed by atoms with Crippen molar-refractivity contribution in [3.8, 4) is 0 Å². The van der Waals surface area contributed by atoms with Crippen LogP contribution in [0, 0.1) is 0 Å².